The van der Waals surface area contributed by atoms with Gasteiger partial charge in [0.1, 0.15) is 0 Å². The van der Waals surface area contributed by atoms with Crippen LogP contribution in [0.1, 0.15) is 33.3 Å². The molecule has 0 atom stereocenters. The highest BCUT2D eigenvalue weighted by atomic mass is 35.5. The minimum Gasteiger partial charge on any atom is -0.355 e. The van der Waals surface area contributed by atoms with E-state index in [9.17, 15) is 4.79 Å². The summed E-state index contributed by atoms with van der Waals surface area (Å²) >= 11 is 5.79. The molecule has 3 heteroatoms. The Morgan fingerprint density at radius 2 is 1.72 bits per heavy atom. The van der Waals surface area contributed by atoms with Crippen LogP contribution in [0, 0.1) is 5.41 Å². The maximum Gasteiger partial charge on any atom is 0.226 e. The highest BCUT2D eigenvalue weighted by Crippen LogP contribution is 2.23. The Morgan fingerprint density at radius 1 is 1.17 bits per heavy atom. The van der Waals surface area contributed by atoms with Crippen molar-refractivity contribution in [2.24, 2.45) is 5.41 Å². The van der Waals surface area contributed by atoms with Gasteiger partial charge in [-0.2, -0.15) is 0 Å². The Kier molecular flexibility index (Phi) is 4.80. The second-order valence-corrected chi connectivity index (χ2v) is 6.22. The lowest BCUT2D eigenvalue weighted by atomic mass is 9.84. The van der Waals surface area contributed by atoms with E-state index < -0.39 is 5.41 Å². The van der Waals surface area contributed by atoms with Crippen LogP contribution in [-0.4, -0.2) is 18.3 Å². The third-order valence-corrected chi connectivity index (χ3v) is 3.86. The lowest BCUT2D eigenvalue weighted by molar-refractivity contribution is -0.128. The maximum atomic E-state index is 12.0. The average Bonchev–Trinajstić information content (AvgIpc) is 2.37. The molecule has 0 fully saturated rings. The predicted octanol–water partition coefficient (Wildman–Crippen LogP) is 3.35. The lowest BCUT2D eigenvalue weighted by Gasteiger charge is -2.28. The first-order valence-electron chi connectivity index (χ1n) is 6.19. The van der Waals surface area contributed by atoms with Crippen LogP contribution in [0.5, 0.6) is 0 Å². The second-order valence-electron chi connectivity index (χ2n) is 5.95. The highest BCUT2D eigenvalue weighted by Gasteiger charge is 2.28. The summed E-state index contributed by atoms with van der Waals surface area (Å²) in [6.45, 7) is 8.55. The molecule has 0 aliphatic heterocycles. The summed E-state index contributed by atoms with van der Waals surface area (Å²) in [6.07, 6.45) is 0. The summed E-state index contributed by atoms with van der Waals surface area (Å²) in [7, 11) is 0. The summed E-state index contributed by atoms with van der Waals surface area (Å²) in [6, 6.07) is 10.2. The predicted molar refractivity (Wildman–Crippen MR) is 77.0 cm³/mol. The van der Waals surface area contributed by atoms with Crippen molar-refractivity contribution in [3.63, 3.8) is 0 Å². The molecule has 1 aromatic carbocycles. The number of nitrogens with one attached hydrogen (secondary N) is 1. The number of rotatable bonds is 5. The summed E-state index contributed by atoms with van der Waals surface area (Å²) in [5, 5.41) is 2.99. The van der Waals surface area contributed by atoms with Crippen molar-refractivity contribution in [2.45, 2.75) is 33.1 Å². The first kappa shape index (κ1) is 15.0. The molecule has 0 heterocycles. The molecule has 0 spiro atoms. The van der Waals surface area contributed by atoms with E-state index in [1.807, 2.05) is 32.0 Å². The Balaban J connectivity index is 2.66. The third-order valence-electron chi connectivity index (χ3n) is 3.19. The van der Waals surface area contributed by atoms with Gasteiger partial charge in [0.05, 0.1) is 5.41 Å². The number of amides is 1. The fourth-order valence-corrected chi connectivity index (χ4v) is 1.71. The van der Waals surface area contributed by atoms with Gasteiger partial charge < -0.3 is 5.32 Å². The molecule has 0 bridgehead atoms. The van der Waals surface area contributed by atoms with Gasteiger partial charge in [-0.15, -0.1) is 11.6 Å². The number of alkyl halides is 1. The largest absolute Gasteiger partial charge is 0.355 e. The number of hydrogen-bond acceptors (Lipinski definition) is 1. The monoisotopic (exact) mass is 267 g/mol. The zero-order valence-corrected chi connectivity index (χ0v) is 12.3. The van der Waals surface area contributed by atoms with Crippen LogP contribution in [0.4, 0.5) is 0 Å². The molecule has 18 heavy (non-hydrogen) atoms. The first-order valence-corrected chi connectivity index (χ1v) is 6.73. The summed E-state index contributed by atoms with van der Waals surface area (Å²) < 4.78 is 0. The molecule has 0 aliphatic rings. The van der Waals surface area contributed by atoms with Crippen molar-refractivity contribution in [1.82, 2.24) is 5.32 Å². The molecule has 1 amide bonds. The number of benzene rings is 1. The van der Waals surface area contributed by atoms with Gasteiger partial charge >= 0.3 is 0 Å². The Labute approximate surface area is 115 Å². The highest BCUT2D eigenvalue weighted by molar-refractivity contribution is 6.19. The van der Waals surface area contributed by atoms with Gasteiger partial charge in [0, 0.05) is 17.8 Å². The van der Waals surface area contributed by atoms with E-state index in [2.05, 4.69) is 31.3 Å². The quantitative estimate of drug-likeness (QED) is 0.815. The molecular weight excluding hydrogens is 246 g/mol. The van der Waals surface area contributed by atoms with Gasteiger partial charge in [0.2, 0.25) is 5.91 Å². The van der Waals surface area contributed by atoms with Crippen molar-refractivity contribution < 1.29 is 4.79 Å². The third kappa shape index (κ3) is 3.74. The van der Waals surface area contributed by atoms with Crippen LogP contribution in [-0.2, 0) is 10.2 Å². The van der Waals surface area contributed by atoms with Crippen LogP contribution >= 0.6 is 11.6 Å². The Hall–Kier alpha value is -1.02. The molecule has 0 saturated carbocycles. The second kappa shape index (κ2) is 5.75. The standard InChI is InChI=1S/C15H22ClNO/c1-14(2,10-16)13(18)17-11-15(3,4)12-8-6-5-7-9-12/h5-9H,10-11H2,1-4H3,(H,17,18). The molecule has 1 aromatic rings. The van der Waals surface area contributed by atoms with Crippen molar-refractivity contribution in [1.29, 1.82) is 0 Å². The minimum atomic E-state index is -0.520. The van der Waals surface area contributed by atoms with E-state index in [1.165, 1.54) is 5.56 Å². The van der Waals surface area contributed by atoms with Gasteiger partial charge in [-0.1, -0.05) is 44.2 Å². The number of hydrogen-bond donors (Lipinski definition) is 1. The van der Waals surface area contributed by atoms with Crippen molar-refractivity contribution >= 4 is 17.5 Å². The summed E-state index contributed by atoms with van der Waals surface area (Å²) in [5.74, 6) is 0.325. The maximum absolute atomic E-state index is 12.0. The zero-order valence-electron chi connectivity index (χ0n) is 11.6. The van der Waals surface area contributed by atoms with Gasteiger partial charge in [-0.3, -0.25) is 4.79 Å². The lowest BCUT2D eigenvalue weighted by Crippen LogP contribution is -2.43. The van der Waals surface area contributed by atoms with E-state index >= 15 is 0 Å². The molecule has 2 nitrogen and oxygen atoms in total. The van der Waals surface area contributed by atoms with Crippen LogP contribution in [0.25, 0.3) is 0 Å². The van der Waals surface area contributed by atoms with Crippen LogP contribution < -0.4 is 5.32 Å². The van der Waals surface area contributed by atoms with E-state index in [1.54, 1.807) is 0 Å². The molecule has 100 valence electrons. The van der Waals surface area contributed by atoms with E-state index in [0.717, 1.165) is 0 Å². The molecule has 0 unspecified atom stereocenters. The average molecular weight is 268 g/mol. The van der Waals surface area contributed by atoms with Crippen LogP contribution in [0.2, 0.25) is 0 Å². The van der Waals surface area contributed by atoms with Crippen molar-refractivity contribution in [2.75, 3.05) is 12.4 Å². The van der Waals surface area contributed by atoms with Gasteiger partial charge in [-0.25, -0.2) is 0 Å². The fraction of sp³-hybridized carbons (Fsp3) is 0.533. The van der Waals surface area contributed by atoms with Crippen LogP contribution in [0.15, 0.2) is 30.3 Å². The molecule has 0 radical (unpaired) electrons. The van der Waals surface area contributed by atoms with Gasteiger partial charge in [0.25, 0.3) is 0 Å². The van der Waals surface area contributed by atoms with Crippen molar-refractivity contribution in [3.05, 3.63) is 35.9 Å². The molecular formula is C15H22ClNO. The van der Waals surface area contributed by atoms with Gasteiger partial charge in [-0.05, 0) is 19.4 Å². The summed E-state index contributed by atoms with van der Waals surface area (Å²) in [5.41, 5.74) is 0.613. The number of carbonyl (C=O) groups is 1. The summed E-state index contributed by atoms with van der Waals surface area (Å²) in [4.78, 5) is 12.0. The van der Waals surface area contributed by atoms with E-state index in [0.29, 0.717) is 12.4 Å². The van der Waals surface area contributed by atoms with Crippen molar-refractivity contribution in [3.8, 4) is 0 Å². The molecule has 0 aromatic heterocycles. The number of carbonyl (C=O) groups excluding carboxylic acids is 1. The number of halogens is 1. The zero-order chi connectivity index (χ0) is 13.8. The first-order chi connectivity index (χ1) is 8.29. The molecule has 1 rings (SSSR count). The SMILES string of the molecule is CC(C)(CCl)C(=O)NCC(C)(C)c1ccccc1. The molecule has 0 aliphatic carbocycles. The van der Waals surface area contributed by atoms with Gasteiger partial charge in [0.15, 0.2) is 0 Å². The topological polar surface area (TPSA) is 29.1 Å². The van der Waals surface area contributed by atoms with Crippen LogP contribution in [0.3, 0.4) is 0 Å². The van der Waals surface area contributed by atoms with E-state index in [-0.39, 0.29) is 11.3 Å². The molecule has 1 N–H and O–H groups in total. The normalized spacial score (nSPS) is 12.3. The molecule has 0 saturated heterocycles. The minimum absolute atomic E-state index is 0.00139. The Bertz CT molecular complexity index is 398. The fourth-order valence-electron chi connectivity index (χ4n) is 1.59. The Morgan fingerprint density at radius 3 is 2.22 bits per heavy atom. The smallest absolute Gasteiger partial charge is 0.226 e. The van der Waals surface area contributed by atoms with E-state index in [4.69, 9.17) is 11.6 Å².